The summed E-state index contributed by atoms with van der Waals surface area (Å²) in [4.78, 5) is 10.9. The number of hydrogen-bond acceptors (Lipinski definition) is 6. The van der Waals surface area contributed by atoms with Crippen LogP contribution >= 0.6 is 0 Å². The highest BCUT2D eigenvalue weighted by Gasteiger charge is 2.12. The highest BCUT2D eigenvalue weighted by atomic mass is 16.5. The van der Waals surface area contributed by atoms with Gasteiger partial charge in [0.15, 0.2) is 0 Å². The van der Waals surface area contributed by atoms with E-state index in [1.165, 1.54) is 5.56 Å². The van der Waals surface area contributed by atoms with Crippen molar-refractivity contribution in [3.05, 3.63) is 60.4 Å². The fourth-order valence-corrected chi connectivity index (χ4v) is 2.89. The molecule has 0 bridgehead atoms. The van der Waals surface area contributed by atoms with Gasteiger partial charge in [0.1, 0.15) is 29.5 Å². The van der Waals surface area contributed by atoms with Gasteiger partial charge in [-0.25, -0.2) is 9.97 Å². The Morgan fingerprint density at radius 1 is 1.00 bits per heavy atom. The Kier molecular flexibility index (Phi) is 5.76. The van der Waals surface area contributed by atoms with Gasteiger partial charge >= 0.3 is 0 Å². The molecule has 6 heteroatoms. The molecule has 1 aromatic heterocycles. The number of rotatable bonds is 7. The monoisotopic (exact) mass is 364 g/mol. The van der Waals surface area contributed by atoms with E-state index in [9.17, 15) is 0 Å². The first kappa shape index (κ1) is 18.5. The van der Waals surface area contributed by atoms with Crippen molar-refractivity contribution in [3.63, 3.8) is 0 Å². The van der Waals surface area contributed by atoms with Gasteiger partial charge in [-0.15, -0.1) is 0 Å². The fourth-order valence-electron chi connectivity index (χ4n) is 2.89. The largest absolute Gasteiger partial charge is 0.497 e. The molecule has 27 heavy (non-hydrogen) atoms. The van der Waals surface area contributed by atoms with E-state index in [2.05, 4.69) is 58.3 Å². The van der Waals surface area contributed by atoms with Gasteiger partial charge in [0, 0.05) is 24.4 Å². The molecule has 0 atom stereocenters. The van der Waals surface area contributed by atoms with Crippen molar-refractivity contribution in [2.45, 2.75) is 13.8 Å². The second-order valence-electron chi connectivity index (χ2n) is 6.04. The third-order valence-electron chi connectivity index (χ3n) is 4.23. The fraction of sp³-hybridized carbons (Fsp3) is 0.238. The van der Waals surface area contributed by atoms with Gasteiger partial charge in [-0.1, -0.05) is 12.1 Å². The summed E-state index contributed by atoms with van der Waals surface area (Å²) in [6.45, 7) is 4.98. The molecular weight excluding hydrogens is 340 g/mol. The maximum atomic E-state index is 5.43. The molecule has 3 aromatic rings. The first-order valence-corrected chi connectivity index (χ1v) is 8.80. The lowest BCUT2D eigenvalue weighted by molar-refractivity contribution is 0.405. The molecule has 0 fully saturated rings. The van der Waals surface area contributed by atoms with E-state index >= 15 is 0 Å². The Morgan fingerprint density at radius 2 is 1.85 bits per heavy atom. The standard InChI is InChI=1S/C21H24N4O2/c1-5-25(16-8-6-7-15(2)11-16)21-13-20(22-14-23-21)24-18-12-17(26-3)9-10-19(18)27-4/h6-14H,5H2,1-4H3,(H,22,23,24). The average molecular weight is 364 g/mol. The highest BCUT2D eigenvalue weighted by Crippen LogP contribution is 2.32. The van der Waals surface area contributed by atoms with Crippen LogP contribution in [0.25, 0.3) is 0 Å². The van der Waals surface area contributed by atoms with E-state index in [-0.39, 0.29) is 0 Å². The first-order chi connectivity index (χ1) is 13.1. The van der Waals surface area contributed by atoms with E-state index < -0.39 is 0 Å². The number of aryl methyl sites for hydroxylation is 1. The first-order valence-electron chi connectivity index (χ1n) is 8.80. The molecule has 0 radical (unpaired) electrons. The molecule has 6 nitrogen and oxygen atoms in total. The Labute approximate surface area is 159 Å². The quantitative estimate of drug-likeness (QED) is 0.655. The van der Waals surface area contributed by atoms with Crippen molar-refractivity contribution in [1.29, 1.82) is 0 Å². The van der Waals surface area contributed by atoms with E-state index in [1.807, 2.05) is 24.3 Å². The van der Waals surface area contributed by atoms with Crippen molar-refractivity contribution in [1.82, 2.24) is 9.97 Å². The summed E-state index contributed by atoms with van der Waals surface area (Å²) in [5.41, 5.74) is 3.08. The molecule has 2 aromatic carbocycles. The molecule has 0 spiro atoms. The maximum Gasteiger partial charge on any atom is 0.142 e. The van der Waals surface area contributed by atoms with Crippen LogP contribution in [0.15, 0.2) is 54.9 Å². The molecule has 3 rings (SSSR count). The lowest BCUT2D eigenvalue weighted by atomic mass is 10.2. The zero-order chi connectivity index (χ0) is 19.2. The van der Waals surface area contributed by atoms with Crippen LogP contribution in [0.3, 0.4) is 0 Å². The van der Waals surface area contributed by atoms with Crippen LogP contribution in [0.2, 0.25) is 0 Å². The number of ether oxygens (including phenoxy) is 2. The van der Waals surface area contributed by atoms with Crippen LogP contribution in [-0.2, 0) is 0 Å². The Hall–Kier alpha value is -3.28. The van der Waals surface area contributed by atoms with Gasteiger partial charge in [0.2, 0.25) is 0 Å². The summed E-state index contributed by atoms with van der Waals surface area (Å²) in [5, 5.41) is 3.30. The summed E-state index contributed by atoms with van der Waals surface area (Å²) >= 11 is 0. The van der Waals surface area contributed by atoms with Crippen molar-refractivity contribution < 1.29 is 9.47 Å². The van der Waals surface area contributed by atoms with Crippen LogP contribution in [0, 0.1) is 6.92 Å². The summed E-state index contributed by atoms with van der Waals surface area (Å²) in [6, 6.07) is 15.9. The topological polar surface area (TPSA) is 59.5 Å². The molecule has 0 aliphatic rings. The van der Waals surface area contributed by atoms with Gasteiger partial charge in [0.25, 0.3) is 0 Å². The minimum atomic E-state index is 0.678. The zero-order valence-electron chi connectivity index (χ0n) is 16.1. The van der Waals surface area contributed by atoms with Crippen LogP contribution in [0.4, 0.5) is 23.0 Å². The molecule has 140 valence electrons. The number of nitrogens with one attached hydrogen (secondary N) is 1. The van der Waals surface area contributed by atoms with Gasteiger partial charge in [-0.05, 0) is 43.7 Å². The predicted molar refractivity (Wildman–Crippen MR) is 109 cm³/mol. The maximum absolute atomic E-state index is 5.43. The number of methoxy groups -OCH3 is 2. The normalized spacial score (nSPS) is 10.4. The van der Waals surface area contributed by atoms with E-state index in [4.69, 9.17) is 9.47 Å². The summed E-state index contributed by atoms with van der Waals surface area (Å²) in [7, 11) is 3.27. The minimum absolute atomic E-state index is 0.678. The Balaban J connectivity index is 1.91. The van der Waals surface area contributed by atoms with E-state index in [1.54, 1.807) is 20.5 Å². The van der Waals surface area contributed by atoms with E-state index in [0.29, 0.717) is 11.6 Å². The van der Waals surface area contributed by atoms with Crippen molar-refractivity contribution in [3.8, 4) is 11.5 Å². The average Bonchev–Trinajstić information content (AvgIpc) is 2.69. The van der Waals surface area contributed by atoms with Gasteiger partial charge in [0.05, 0.1) is 19.9 Å². The molecule has 0 unspecified atom stereocenters. The number of anilines is 4. The lowest BCUT2D eigenvalue weighted by Crippen LogP contribution is -2.17. The van der Waals surface area contributed by atoms with Gasteiger partial charge < -0.3 is 19.7 Å². The molecule has 0 amide bonds. The minimum Gasteiger partial charge on any atom is -0.497 e. The van der Waals surface area contributed by atoms with Crippen molar-refractivity contribution in [2.75, 3.05) is 31.0 Å². The number of hydrogen-bond donors (Lipinski definition) is 1. The van der Waals surface area contributed by atoms with E-state index in [0.717, 1.165) is 29.5 Å². The lowest BCUT2D eigenvalue weighted by Gasteiger charge is -2.23. The Bertz CT molecular complexity index is 914. The number of nitrogens with zero attached hydrogens (tertiary/aromatic N) is 3. The second kappa shape index (κ2) is 8.40. The third-order valence-corrected chi connectivity index (χ3v) is 4.23. The highest BCUT2D eigenvalue weighted by molar-refractivity contribution is 5.69. The molecule has 0 aliphatic carbocycles. The number of aromatic nitrogens is 2. The smallest absolute Gasteiger partial charge is 0.142 e. The van der Waals surface area contributed by atoms with Crippen molar-refractivity contribution >= 4 is 23.0 Å². The molecule has 0 saturated carbocycles. The molecule has 1 N–H and O–H groups in total. The molecule has 1 heterocycles. The number of benzene rings is 2. The SMILES string of the molecule is CCN(c1cccc(C)c1)c1cc(Nc2cc(OC)ccc2OC)ncn1. The molecular formula is C21H24N4O2. The summed E-state index contributed by atoms with van der Waals surface area (Å²) in [6.07, 6.45) is 1.56. The van der Waals surface area contributed by atoms with Crippen LogP contribution in [-0.4, -0.2) is 30.7 Å². The van der Waals surface area contributed by atoms with Crippen molar-refractivity contribution in [2.24, 2.45) is 0 Å². The second-order valence-corrected chi connectivity index (χ2v) is 6.04. The Morgan fingerprint density at radius 3 is 2.56 bits per heavy atom. The van der Waals surface area contributed by atoms with Gasteiger partial charge in [-0.2, -0.15) is 0 Å². The van der Waals surface area contributed by atoms with Crippen LogP contribution < -0.4 is 19.7 Å². The third kappa shape index (κ3) is 4.28. The molecule has 0 saturated heterocycles. The predicted octanol–water partition coefficient (Wildman–Crippen LogP) is 4.70. The summed E-state index contributed by atoms with van der Waals surface area (Å²) in [5.74, 6) is 2.95. The summed E-state index contributed by atoms with van der Waals surface area (Å²) < 4.78 is 10.7. The van der Waals surface area contributed by atoms with Gasteiger partial charge in [-0.3, -0.25) is 0 Å². The van der Waals surface area contributed by atoms with Crippen LogP contribution in [0.1, 0.15) is 12.5 Å². The zero-order valence-corrected chi connectivity index (χ0v) is 16.1. The molecule has 0 aliphatic heterocycles. The van der Waals surface area contributed by atoms with Crippen LogP contribution in [0.5, 0.6) is 11.5 Å².